The first kappa shape index (κ1) is 22.8. The number of benzene rings is 2. The van der Waals surface area contributed by atoms with Crippen LogP contribution in [0.3, 0.4) is 0 Å². The van der Waals surface area contributed by atoms with Crippen LogP contribution in [0.1, 0.15) is 30.1 Å². The van der Waals surface area contributed by atoms with Gasteiger partial charge in [-0.05, 0) is 56.2 Å². The van der Waals surface area contributed by atoms with Gasteiger partial charge in [0.15, 0.2) is 0 Å². The van der Waals surface area contributed by atoms with Gasteiger partial charge in [0, 0.05) is 19.6 Å². The predicted molar refractivity (Wildman–Crippen MR) is 118 cm³/mol. The maximum absolute atomic E-state index is 13.0. The zero-order valence-electron chi connectivity index (χ0n) is 17.6. The van der Waals surface area contributed by atoms with Gasteiger partial charge in [-0.2, -0.15) is 4.31 Å². The quantitative estimate of drug-likeness (QED) is 0.681. The van der Waals surface area contributed by atoms with Gasteiger partial charge in [0.1, 0.15) is 5.75 Å². The minimum absolute atomic E-state index is 0.0868. The predicted octanol–water partition coefficient (Wildman–Crippen LogP) is 2.48. The summed E-state index contributed by atoms with van der Waals surface area (Å²) in [5, 5.41) is 5.53. The fourth-order valence-corrected chi connectivity index (χ4v) is 5.08. The number of amides is 2. The van der Waals surface area contributed by atoms with Gasteiger partial charge in [-0.15, -0.1) is 0 Å². The summed E-state index contributed by atoms with van der Waals surface area (Å²) in [5.74, 6) is -0.512. The molecule has 0 saturated carbocycles. The first-order valence-corrected chi connectivity index (χ1v) is 11.6. The molecule has 1 heterocycles. The Hall–Kier alpha value is -2.91. The lowest BCUT2D eigenvalue weighted by atomic mass is 9.98. The molecular weight excluding hydrogens is 418 g/mol. The fraction of sp³-hybridized carbons (Fsp3) is 0.364. The van der Waals surface area contributed by atoms with Gasteiger partial charge in [-0.3, -0.25) is 9.59 Å². The van der Waals surface area contributed by atoms with Crippen LogP contribution in [0.4, 0.5) is 5.69 Å². The summed E-state index contributed by atoms with van der Waals surface area (Å²) in [6.07, 6.45) is 1.15. The van der Waals surface area contributed by atoms with Crippen LogP contribution >= 0.6 is 0 Å². The lowest BCUT2D eigenvalue weighted by Crippen LogP contribution is -2.43. The van der Waals surface area contributed by atoms with Crippen LogP contribution in [0.2, 0.25) is 0 Å². The number of para-hydroxylation sites is 1. The number of piperidine rings is 1. The Morgan fingerprint density at radius 3 is 2.52 bits per heavy atom. The topological polar surface area (TPSA) is 105 Å². The van der Waals surface area contributed by atoms with Gasteiger partial charge in [0.25, 0.3) is 5.91 Å². The average Bonchev–Trinajstić information content (AvgIpc) is 2.79. The van der Waals surface area contributed by atoms with Crippen molar-refractivity contribution in [2.24, 2.45) is 5.92 Å². The first-order valence-electron chi connectivity index (χ1n) is 10.2. The molecule has 1 saturated heterocycles. The summed E-state index contributed by atoms with van der Waals surface area (Å²) in [7, 11) is -2.21. The number of sulfonamides is 1. The summed E-state index contributed by atoms with van der Waals surface area (Å²) in [5.41, 5.74) is 0.782. The highest BCUT2D eigenvalue weighted by Gasteiger charge is 2.33. The summed E-state index contributed by atoms with van der Waals surface area (Å²) >= 11 is 0. The summed E-state index contributed by atoms with van der Waals surface area (Å²) in [4.78, 5) is 25.3. The van der Waals surface area contributed by atoms with Gasteiger partial charge in [-0.1, -0.05) is 12.1 Å². The highest BCUT2D eigenvalue weighted by atomic mass is 32.2. The van der Waals surface area contributed by atoms with E-state index in [0.717, 1.165) is 0 Å². The third kappa shape index (κ3) is 5.23. The number of rotatable bonds is 7. The Balaban J connectivity index is 1.73. The number of carbonyl (C=O) groups excluding carboxylic acids is 2. The average molecular weight is 446 g/mol. The summed E-state index contributed by atoms with van der Waals surface area (Å²) in [6.45, 7) is 2.73. The van der Waals surface area contributed by atoms with E-state index in [9.17, 15) is 18.0 Å². The molecule has 1 fully saturated rings. The molecular formula is C22H27N3O5S. The number of nitrogens with zero attached hydrogens (tertiary/aromatic N) is 1. The van der Waals surface area contributed by atoms with E-state index in [0.29, 0.717) is 42.9 Å². The molecule has 0 spiro atoms. The van der Waals surface area contributed by atoms with Crippen LogP contribution in [0.25, 0.3) is 0 Å². The molecule has 8 nitrogen and oxygen atoms in total. The molecule has 0 bridgehead atoms. The molecule has 3 rings (SSSR count). The lowest BCUT2D eigenvalue weighted by molar-refractivity contribution is -0.120. The molecule has 2 aromatic rings. The zero-order valence-corrected chi connectivity index (χ0v) is 18.4. The van der Waals surface area contributed by atoms with Crippen LogP contribution < -0.4 is 15.4 Å². The number of hydrogen-bond donors (Lipinski definition) is 2. The second kappa shape index (κ2) is 9.93. The summed E-state index contributed by atoms with van der Waals surface area (Å²) < 4.78 is 32.5. The van der Waals surface area contributed by atoms with Crippen molar-refractivity contribution in [3.05, 3.63) is 54.1 Å². The van der Waals surface area contributed by atoms with Crippen LogP contribution in [0.15, 0.2) is 53.4 Å². The van der Waals surface area contributed by atoms with Crippen molar-refractivity contribution in [3.63, 3.8) is 0 Å². The van der Waals surface area contributed by atoms with Crippen molar-refractivity contribution >= 4 is 27.5 Å². The molecule has 0 aromatic heterocycles. The van der Waals surface area contributed by atoms with Gasteiger partial charge in [0.05, 0.1) is 29.2 Å². The molecule has 1 aliphatic heterocycles. The Morgan fingerprint density at radius 2 is 1.84 bits per heavy atom. The Kier molecular flexibility index (Phi) is 7.29. The number of ether oxygens (including phenoxy) is 1. The molecule has 1 atom stereocenters. The van der Waals surface area contributed by atoms with E-state index in [1.807, 2.05) is 6.92 Å². The maximum atomic E-state index is 13.0. The maximum Gasteiger partial charge on any atom is 0.253 e. The van der Waals surface area contributed by atoms with Crippen molar-refractivity contribution in [1.29, 1.82) is 0 Å². The van der Waals surface area contributed by atoms with Crippen molar-refractivity contribution < 1.29 is 22.7 Å². The minimum Gasteiger partial charge on any atom is -0.497 e. The molecule has 1 aliphatic rings. The van der Waals surface area contributed by atoms with E-state index in [2.05, 4.69) is 10.6 Å². The molecule has 0 aliphatic carbocycles. The number of nitrogens with one attached hydrogen (secondary N) is 2. The van der Waals surface area contributed by atoms with Crippen LogP contribution in [-0.4, -0.2) is 51.3 Å². The van der Waals surface area contributed by atoms with Gasteiger partial charge in [-0.25, -0.2) is 8.42 Å². The fourth-order valence-electron chi connectivity index (χ4n) is 3.55. The van der Waals surface area contributed by atoms with E-state index in [4.69, 9.17) is 4.74 Å². The summed E-state index contributed by atoms with van der Waals surface area (Å²) in [6, 6.07) is 13.0. The molecule has 0 radical (unpaired) electrons. The standard InChI is InChI=1S/C22H27N3O5S/c1-3-23-22(27)19-8-4-5-9-20(19)24-21(26)16-7-6-14-25(15-16)31(28,29)18-12-10-17(30-2)11-13-18/h4-5,8-13,16H,3,6-7,14-15H2,1-2H3,(H,23,27)(H,24,26). The molecule has 9 heteroatoms. The van der Waals surface area contributed by atoms with Crippen LogP contribution in [0, 0.1) is 5.92 Å². The highest BCUT2D eigenvalue weighted by molar-refractivity contribution is 7.89. The first-order chi connectivity index (χ1) is 14.9. The van der Waals surface area contributed by atoms with Crippen LogP contribution in [-0.2, 0) is 14.8 Å². The smallest absolute Gasteiger partial charge is 0.253 e. The number of methoxy groups -OCH3 is 1. The Labute approximate surface area is 182 Å². The molecule has 1 unspecified atom stereocenters. The largest absolute Gasteiger partial charge is 0.497 e. The van der Waals surface area contributed by atoms with Gasteiger partial charge >= 0.3 is 0 Å². The van der Waals surface area contributed by atoms with E-state index in [1.54, 1.807) is 36.4 Å². The van der Waals surface area contributed by atoms with Crippen molar-refractivity contribution in [2.75, 3.05) is 32.1 Å². The monoisotopic (exact) mass is 445 g/mol. The third-order valence-electron chi connectivity index (χ3n) is 5.22. The van der Waals surface area contributed by atoms with Gasteiger partial charge < -0.3 is 15.4 Å². The second-order valence-electron chi connectivity index (χ2n) is 7.27. The van der Waals surface area contributed by atoms with E-state index in [1.165, 1.54) is 23.5 Å². The molecule has 166 valence electrons. The molecule has 2 N–H and O–H groups in total. The zero-order chi connectivity index (χ0) is 22.4. The van der Waals surface area contributed by atoms with Crippen molar-refractivity contribution in [2.45, 2.75) is 24.7 Å². The minimum atomic E-state index is -3.72. The lowest BCUT2D eigenvalue weighted by Gasteiger charge is -2.31. The highest BCUT2D eigenvalue weighted by Crippen LogP contribution is 2.26. The van der Waals surface area contributed by atoms with Gasteiger partial charge in [0.2, 0.25) is 15.9 Å². The SMILES string of the molecule is CCNC(=O)c1ccccc1NC(=O)C1CCCN(S(=O)(=O)c2ccc(OC)cc2)C1. The van der Waals surface area contributed by atoms with Crippen LogP contribution in [0.5, 0.6) is 5.75 Å². The second-order valence-corrected chi connectivity index (χ2v) is 9.21. The Bertz CT molecular complexity index is 1040. The number of anilines is 1. The van der Waals surface area contributed by atoms with Crippen molar-refractivity contribution in [1.82, 2.24) is 9.62 Å². The number of hydrogen-bond acceptors (Lipinski definition) is 5. The molecule has 31 heavy (non-hydrogen) atoms. The van der Waals surface area contributed by atoms with Crippen molar-refractivity contribution in [3.8, 4) is 5.75 Å². The molecule has 2 aromatic carbocycles. The van der Waals surface area contributed by atoms with E-state index < -0.39 is 15.9 Å². The normalized spacial score (nSPS) is 17.0. The third-order valence-corrected chi connectivity index (χ3v) is 7.10. The Morgan fingerprint density at radius 1 is 1.13 bits per heavy atom. The van der Waals surface area contributed by atoms with E-state index >= 15 is 0 Å². The van der Waals surface area contributed by atoms with E-state index in [-0.39, 0.29) is 23.3 Å². The number of carbonyl (C=O) groups is 2. The molecule has 2 amide bonds.